The van der Waals surface area contributed by atoms with E-state index in [0.717, 1.165) is 0 Å². The maximum absolute atomic E-state index is 13.6. The number of aliphatic hydroxyl groups excluding tert-OH is 1. The van der Waals surface area contributed by atoms with E-state index in [1.807, 2.05) is 13.8 Å². The van der Waals surface area contributed by atoms with Crippen molar-refractivity contribution in [3.05, 3.63) is 34.1 Å². The summed E-state index contributed by atoms with van der Waals surface area (Å²) in [7, 11) is 1.63. The molecule has 1 atom stereocenters. The molecule has 0 saturated heterocycles. The predicted octanol–water partition coefficient (Wildman–Crippen LogP) is 3.83. The average molecular weight is 305 g/mol. The summed E-state index contributed by atoms with van der Waals surface area (Å²) in [6.07, 6.45) is 0.297. The molecular weight excluding hydrogens is 287 g/mol. The number of methoxy groups -OCH3 is 1. The highest BCUT2D eigenvalue weighted by Crippen LogP contribution is 2.31. The zero-order valence-electron chi connectivity index (χ0n) is 10.3. The van der Waals surface area contributed by atoms with Gasteiger partial charge in [-0.1, -0.05) is 22.0 Å². The molecule has 0 aliphatic carbocycles. The molecule has 4 heteroatoms. The molecule has 0 fully saturated rings. The van der Waals surface area contributed by atoms with Gasteiger partial charge in [0.25, 0.3) is 0 Å². The molecule has 0 saturated carbocycles. The largest absolute Gasteiger partial charge is 0.388 e. The van der Waals surface area contributed by atoms with Crippen LogP contribution in [0.15, 0.2) is 22.7 Å². The second-order valence-corrected chi connectivity index (χ2v) is 5.51. The summed E-state index contributed by atoms with van der Waals surface area (Å²) < 4.78 is 19.4. The number of ether oxygens (including phenoxy) is 1. The van der Waals surface area contributed by atoms with Crippen LogP contribution in [0.3, 0.4) is 0 Å². The van der Waals surface area contributed by atoms with Crippen LogP contribution in [-0.4, -0.2) is 17.8 Å². The molecule has 1 aromatic carbocycles. The molecule has 1 aromatic rings. The summed E-state index contributed by atoms with van der Waals surface area (Å²) >= 11 is 3.25. The van der Waals surface area contributed by atoms with Gasteiger partial charge in [0, 0.05) is 17.1 Å². The van der Waals surface area contributed by atoms with E-state index in [-0.39, 0.29) is 11.4 Å². The van der Waals surface area contributed by atoms with E-state index >= 15 is 0 Å². The van der Waals surface area contributed by atoms with Gasteiger partial charge < -0.3 is 9.84 Å². The zero-order valence-corrected chi connectivity index (χ0v) is 11.9. The number of hydrogen-bond donors (Lipinski definition) is 1. The quantitative estimate of drug-likeness (QED) is 0.896. The zero-order chi connectivity index (χ0) is 13.1. The second-order valence-electron chi connectivity index (χ2n) is 4.65. The van der Waals surface area contributed by atoms with Crippen molar-refractivity contribution >= 4 is 15.9 Å². The number of benzene rings is 1. The van der Waals surface area contributed by atoms with Crippen LogP contribution in [0, 0.1) is 5.82 Å². The third-order valence-electron chi connectivity index (χ3n) is 2.91. The number of hydrogen-bond acceptors (Lipinski definition) is 2. The van der Waals surface area contributed by atoms with Gasteiger partial charge in [-0.15, -0.1) is 0 Å². The minimum Gasteiger partial charge on any atom is -0.388 e. The van der Waals surface area contributed by atoms with Gasteiger partial charge in [0.15, 0.2) is 0 Å². The van der Waals surface area contributed by atoms with Crippen molar-refractivity contribution in [2.45, 2.75) is 38.4 Å². The van der Waals surface area contributed by atoms with Crippen molar-refractivity contribution in [1.29, 1.82) is 0 Å². The number of halogens is 2. The van der Waals surface area contributed by atoms with Gasteiger partial charge in [-0.2, -0.15) is 0 Å². The average Bonchev–Trinajstić information content (AvgIpc) is 2.26. The first-order chi connectivity index (χ1) is 7.87. The summed E-state index contributed by atoms with van der Waals surface area (Å²) in [5.74, 6) is -0.387. The fourth-order valence-corrected chi connectivity index (χ4v) is 2.17. The van der Waals surface area contributed by atoms with Crippen LogP contribution in [0.25, 0.3) is 0 Å². The Morgan fingerprint density at radius 3 is 2.65 bits per heavy atom. The van der Waals surface area contributed by atoms with E-state index in [2.05, 4.69) is 15.9 Å². The molecule has 0 aromatic heterocycles. The van der Waals surface area contributed by atoms with E-state index in [0.29, 0.717) is 22.9 Å². The first-order valence-corrected chi connectivity index (χ1v) is 6.34. The molecule has 0 amide bonds. The molecule has 17 heavy (non-hydrogen) atoms. The Kier molecular flexibility index (Phi) is 5.10. The molecule has 96 valence electrons. The van der Waals surface area contributed by atoms with E-state index in [4.69, 9.17) is 4.74 Å². The lowest BCUT2D eigenvalue weighted by molar-refractivity contribution is 0.00241. The van der Waals surface area contributed by atoms with Gasteiger partial charge in [-0.25, -0.2) is 4.39 Å². The topological polar surface area (TPSA) is 29.5 Å². The van der Waals surface area contributed by atoms with E-state index < -0.39 is 6.10 Å². The lowest BCUT2D eigenvalue weighted by Gasteiger charge is -2.24. The van der Waals surface area contributed by atoms with Gasteiger partial charge >= 0.3 is 0 Å². The van der Waals surface area contributed by atoms with E-state index in [1.54, 1.807) is 19.2 Å². The normalized spacial score (nSPS) is 13.8. The van der Waals surface area contributed by atoms with Crippen LogP contribution in [-0.2, 0) is 4.74 Å². The SMILES string of the molecule is COC(C)(C)CCC(O)c1c(F)cccc1Br. The Labute approximate surface area is 110 Å². The standard InChI is InChI=1S/C13H18BrFO2/c1-13(2,17-3)8-7-11(16)12-9(14)5-4-6-10(12)15/h4-6,11,16H,7-8H2,1-3H3. The van der Waals surface area contributed by atoms with Crippen molar-refractivity contribution < 1.29 is 14.2 Å². The molecular formula is C13H18BrFO2. The van der Waals surface area contributed by atoms with Crippen LogP contribution >= 0.6 is 15.9 Å². The van der Waals surface area contributed by atoms with E-state index in [9.17, 15) is 9.50 Å². The van der Waals surface area contributed by atoms with Crippen LogP contribution in [0.2, 0.25) is 0 Å². The maximum Gasteiger partial charge on any atom is 0.130 e. The Morgan fingerprint density at radius 2 is 2.12 bits per heavy atom. The molecule has 1 rings (SSSR count). The molecule has 2 nitrogen and oxygen atoms in total. The highest BCUT2D eigenvalue weighted by atomic mass is 79.9. The summed E-state index contributed by atoms with van der Waals surface area (Å²) in [5, 5.41) is 10.0. The molecule has 1 N–H and O–H groups in total. The fraction of sp³-hybridized carbons (Fsp3) is 0.538. The van der Waals surface area contributed by atoms with Gasteiger partial charge in [-0.3, -0.25) is 0 Å². The van der Waals surface area contributed by atoms with Crippen LogP contribution in [0.1, 0.15) is 38.4 Å². The Hall–Kier alpha value is -0.450. The fourth-order valence-electron chi connectivity index (χ4n) is 1.56. The minimum absolute atomic E-state index is 0.307. The van der Waals surface area contributed by atoms with Gasteiger partial charge in [0.1, 0.15) is 5.82 Å². The third-order valence-corrected chi connectivity index (χ3v) is 3.60. The molecule has 1 unspecified atom stereocenters. The minimum atomic E-state index is -0.819. The Balaban J connectivity index is 2.74. The Bertz CT molecular complexity index is 359. The lowest BCUT2D eigenvalue weighted by Crippen LogP contribution is -2.23. The lowest BCUT2D eigenvalue weighted by atomic mass is 9.96. The van der Waals surface area contributed by atoms with Gasteiger partial charge in [-0.05, 0) is 38.8 Å². The third kappa shape index (κ3) is 4.05. The first-order valence-electron chi connectivity index (χ1n) is 5.54. The maximum atomic E-state index is 13.6. The number of rotatable bonds is 5. The van der Waals surface area contributed by atoms with Crippen molar-refractivity contribution in [1.82, 2.24) is 0 Å². The predicted molar refractivity (Wildman–Crippen MR) is 69.4 cm³/mol. The first kappa shape index (κ1) is 14.6. The Morgan fingerprint density at radius 1 is 1.47 bits per heavy atom. The van der Waals surface area contributed by atoms with Crippen molar-refractivity contribution in [2.24, 2.45) is 0 Å². The van der Waals surface area contributed by atoms with Crippen LogP contribution in [0.5, 0.6) is 0 Å². The van der Waals surface area contributed by atoms with Crippen molar-refractivity contribution in [3.63, 3.8) is 0 Å². The second kappa shape index (κ2) is 5.94. The van der Waals surface area contributed by atoms with Crippen LogP contribution < -0.4 is 0 Å². The van der Waals surface area contributed by atoms with Crippen LogP contribution in [0.4, 0.5) is 4.39 Å². The van der Waals surface area contributed by atoms with Gasteiger partial charge in [0.2, 0.25) is 0 Å². The molecule has 0 aliphatic rings. The smallest absolute Gasteiger partial charge is 0.130 e. The monoisotopic (exact) mass is 304 g/mol. The summed E-state index contributed by atoms with van der Waals surface area (Å²) in [6, 6.07) is 4.68. The molecule has 0 bridgehead atoms. The summed E-state index contributed by atoms with van der Waals surface area (Å²) in [5.41, 5.74) is 0.0121. The molecule has 0 heterocycles. The van der Waals surface area contributed by atoms with E-state index in [1.165, 1.54) is 6.07 Å². The summed E-state index contributed by atoms with van der Waals surface area (Å²) in [4.78, 5) is 0. The highest BCUT2D eigenvalue weighted by molar-refractivity contribution is 9.10. The van der Waals surface area contributed by atoms with Crippen molar-refractivity contribution in [3.8, 4) is 0 Å². The van der Waals surface area contributed by atoms with Gasteiger partial charge in [0.05, 0.1) is 11.7 Å². The van der Waals surface area contributed by atoms with Crippen molar-refractivity contribution in [2.75, 3.05) is 7.11 Å². The molecule has 0 radical (unpaired) electrons. The molecule has 0 spiro atoms. The number of aliphatic hydroxyl groups is 1. The highest BCUT2D eigenvalue weighted by Gasteiger charge is 2.21. The summed E-state index contributed by atoms with van der Waals surface area (Å²) in [6.45, 7) is 3.88. The molecule has 0 aliphatic heterocycles.